The number of amides is 1. The number of ketones is 2. The molecular formula is C20H37NO6. The van der Waals surface area contributed by atoms with E-state index >= 15 is 0 Å². The Hall–Kier alpha value is -2.02. The van der Waals surface area contributed by atoms with Crippen LogP contribution in [0.25, 0.3) is 0 Å². The Labute approximate surface area is 163 Å². The molecule has 1 N–H and O–H groups in total. The Morgan fingerprint density at radius 2 is 1.67 bits per heavy atom. The molecule has 0 saturated heterocycles. The van der Waals surface area contributed by atoms with Crippen molar-refractivity contribution in [2.24, 2.45) is 11.8 Å². The number of nitrogens with one attached hydrogen (secondary N) is 1. The van der Waals surface area contributed by atoms with Crippen molar-refractivity contribution in [3.63, 3.8) is 0 Å². The molecule has 0 radical (unpaired) electrons. The van der Waals surface area contributed by atoms with Gasteiger partial charge in [0.2, 0.25) is 6.41 Å². The minimum Gasteiger partial charge on any atom is -0.467 e. The molecule has 7 heteroatoms. The first-order valence-electron chi connectivity index (χ1n) is 9.02. The highest BCUT2D eigenvalue weighted by atomic mass is 16.5. The van der Waals surface area contributed by atoms with Gasteiger partial charge in [0, 0.05) is 25.9 Å². The first kappa shape index (κ1) is 29.7. The molecular weight excluding hydrogens is 350 g/mol. The number of hydrogen-bond donors (Lipinski definition) is 1. The Morgan fingerprint density at radius 3 is 1.93 bits per heavy atom. The third-order valence-electron chi connectivity index (χ3n) is 3.54. The monoisotopic (exact) mass is 387 g/mol. The molecule has 0 spiro atoms. The topological polar surface area (TPSA) is 98.8 Å². The molecule has 2 atom stereocenters. The molecule has 0 fully saturated rings. The number of Topliss-reactive ketones (excluding diaryl/α,β-unsaturated/α-hetero) is 2. The molecule has 1 amide bonds. The maximum Gasteiger partial charge on any atom is 0.328 e. The summed E-state index contributed by atoms with van der Waals surface area (Å²) in [5.41, 5.74) is 0. The predicted octanol–water partition coefficient (Wildman–Crippen LogP) is 2.72. The van der Waals surface area contributed by atoms with Crippen molar-refractivity contribution >= 4 is 23.9 Å². The molecule has 0 aliphatic rings. The fourth-order valence-electron chi connectivity index (χ4n) is 1.62. The molecule has 0 aromatic rings. The molecule has 1 unspecified atom stereocenters. The van der Waals surface area contributed by atoms with E-state index in [1.54, 1.807) is 13.2 Å². The van der Waals surface area contributed by atoms with E-state index in [2.05, 4.69) is 21.4 Å². The van der Waals surface area contributed by atoms with Crippen LogP contribution < -0.4 is 5.32 Å². The zero-order valence-electron chi connectivity index (χ0n) is 17.9. The van der Waals surface area contributed by atoms with Crippen molar-refractivity contribution in [3.8, 4) is 0 Å². The van der Waals surface area contributed by atoms with E-state index in [-0.39, 0.29) is 23.4 Å². The quantitative estimate of drug-likeness (QED) is 0.332. The Balaban J connectivity index is -0.000000344. The molecule has 0 aliphatic heterocycles. The summed E-state index contributed by atoms with van der Waals surface area (Å²) >= 11 is 0. The van der Waals surface area contributed by atoms with Gasteiger partial charge in [-0.1, -0.05) is 33.8 Å². The van der Waals surface area contributed by atoms with Gasteiger partial charge in [-0.2, -0.15) is 0 Å². The molecule has 0 aliphatic carbocycles. The summed E-state index contributed by atoms with van der Waals surface area (Å²) in [6.07, 6.45) is 3.91. The molecule has 0 heterocycles. The molecule has 0 aromatic heterocycles. The van der Waals surface area contributed by atoms with Crippen LogP contribution in [-0.4, -0.2) is 50.8 Å². The number of carbonyl (C=O) groups is 4. The second-order valence-electron chi connectivity index (χ2n) is 6.25. The standard InChI is InChI=1S/C9H16O2.C7H13NO3.C4H8O/c1-4-7(2)9(11)6-5-8(3)10;1-5(2)6(8-4-9)7(10)11-3;1-3-4-5-2/h7H,4-6H2,1-3H3;4-6H,1-3H3,(H,8,9);3H,1,4H2,2H3/t;6-;/m.0./s1. The molecule has 27 heavy (non-hydrogen) atoms. The molecule has 0 rings (SSSR count). The molecule has 0 aromatic carbocycles. The highest BCUT2D eigenvalue weighted by Crippen LogP contribution is 2.06. The Morgan fingerprint density at radius 1 is 1.11 bits per heavy atom. The van der Waals surface area contributed by atoms with Gasteiger partial charge >= 0.3 is 5.97 Å². The van der Waals surface area contributed by atoms with E-state index in [0.29, 0.717) is 25.9 Å². The van der Waals surface area contributed by atoms with Crippen molar-refractivity contribution < 1.29 is 28.7 Å². The number of hydrogen-bond acceptors (Lipinski definition) is 6. The van der Waals surface area contributed by atoms with E-state index in [4.69, 9.17) is 0 Å². The van der Waals surface area contributed by atoms with Crippen LogP contribution in [0.4, 0.5) is 0 Å². The van der Waals surface area contributed by atoms with Crippen LogP contribution in [0, 0.1) is 11.8 Å². The second-order valence-corrected chi connectivity index (χ2v) is 6.25. The molecule has 158 valence electrons. The van der Waals surface area contributed by atoms with Gasteiger partial charge < -0.3 is 19.6 Å². The number of rotatable bonds is 11. The van der Waals surface area contributed by atoms with Gasteiger partial charge in [0.05, 0.1) is 13.7 Å². The smallest absolute Gasteiger partial charge is 0.328 e. The average molecular weight is 388 g/mol. The third-order valence-corrected chi connectivity index (χ3v) is 3.54. The summed E-state index contributed by atoms with van der Waals surface area (Å²) in [5, 5.41) is 2.38. The van der Waals surface area contributed by atoms with Crippen molar-refractivity contribution in [1.29, 1.82) is 0 Å². The summed E-state index contributed by atoms with van der Waals surface area (Å²) in [6, 6.07) is -0.530. The SMILES string of the molecule is C=CCOC.CCC(C)C(=O)CCC(C)=O.COC(=O)[C@@H](NC=O)C(C)C. The fraction of sp³-hybridized carbons (Fsp3) is 0.700. The van der Waals surface area contributed by atoms with Crippen LogP contribution in [0.1, 0.15) is 53.9 Å². The largest absolute Gasteiger partial charge is 0.467 e. The van der Waals surface area contributed by atoms with E-state index in [0.717, 1.165) is 6.42 Å². The minimum atomic E-state index is -0.530. The number of methoxy groups -OCH3 is 2. The summed E-state index contributed by atoms with van der Waals surface area (Å²) in [6.45, 7) is 13.1. The van der Waals surface area contributed by atoms with Crippen molar-refractivity contribution in [1.82, 2.24) is 5.32 Å². The van der Waals surface area contributed by atoms with Crippen LogP contribution in [-0.2, 0) is 28.7 Å². The van der Waals surface area contributed by atoms with Gasteiger partial charge in [0.25, 0.3) is 0 Å². The van der Waals surface area contributed by atoms with Gasteiger partial charge in [-0.25, -0.2) is 4.79 Å². The van der Waals surface area contributed by atoms with Crippen molar-refractivity contribution in [2.75, 3.05) is 20.8 Å². The zero-order chi connectivity index (χ0) is 21.8. The highest BCUT2D eigenvalue weighted by Gasteiger charge is 2.21. The van der Waals surface area contributed by atoms with Crippen LogP contribution in [0.15, 0.2) is 12.7 Å². The van der Waals surface area contributed by atoms with E-state index in [1.807, 2.05) is 27.7 Å². The number of ether oxygens (including phenoxy) is 2. The Bertz CT molecular complexity index is 434. The van der Waals surface area contributed by atoms with E-state index in [1.165, 1.54) is 14.0 Å². The molecule has 0 saturated carbocycles. The van der Waals surface area contributed by atoms with Gasteiger partial charge in [-0.05, 0) is 19.3 Å². The first-order chi connectivity index (χ1) is 12.6. The van der Waals surface area contributed by atoms with Crippen LogP contribution >= 0.6 is 0 Å². The van der Waals surface area contributed by atoms with Gasteiger partial charge in [0.15, 0.2) is 0 Å². The predicted molar refractivity (Wildman–Crippen MR) is 106 cm³/mol. The van der Waals surface area contributed by atoms with Gasteiger partial charge in [-0.15, -0.1) is 6.58 Å². The number of esters is 1. The van der Waals surface area contributed by atoms with E-state index < -0.39 is 12.0 Å². The van der Waals surface area contributed by atoms with Gasteiger partial charge in [-0.3, -0.25) is 9.59 Å². The minimum absolute atomic E-state index is 0.0487. The lowest BCUT2D eigenvalue weighted by atomic mass is 9.99. The van der Waals surface area contributed by atoms with Gasteiger partial charge in [0.1, 0.15) is 17.6 Å². The third kappa shape index (κ3) is 20.1. The zero-order valence-corrected chi connectivity index (χ0v) is 17.9. The average Bonchev–Trinajstić information content (AvgIpc) is 2.64. The summed E-state index contributed by atoms with van der Waals surface area (Å²) in [5.74, 6) is 0.0680. The highest BCUT2D eigenvalue weighted by molar-refractivity contribution is 5.86. The summed E-state index contributed by atoms with van der Waals surface area (Å²) in [4.78, 5) is 42.6. The first-order valence-corrected chi connectivity index (χ1v) is 9.02. The summed E-state index contributed by atoms with van der Waals surface area (Å²) in [7, 11) is 2.94. The second kappa shape index (κ2) is 20.3. The van der Waals surface area contributed by atoms with E-state index in [9.17, 15) is 19.2 Å². The lowest BCUT2D eigenvalue weighted by Crippen LogP contribution is -2.40. The van der Waals surface area contributed by atoms with Crippen LogP contribution in [0.3, 0.4) is 0 Å². The van der Waals surface area contributed by atoms with Crippen molar-refractivity contribution in [2.45, 2.75) is 59.9 Å². The maximum absolute atomic E-state index is 11.1. The summed E-state index contributed by atoms with van der Waals surface area (Å²) < 4.78 is 9.04. The van der Waals surface area contributed by atoms with Crippen LogP contribution in [0.5, 0.6) is 0 Å². The van der Waals surface area contributed by atoms with Crippen molar-refractivity contribution in [3.05, 3.63) is 12.7 Å². The van der Waals surface area contributed by atoms with Crippen LogP contribution in [0.2, 0.25) is 0 Å². The number of carbonyl (C=O) groups excluding carboxylic acids is 4. The molecule has 7 nitrogen and oxygen atoms in total. The lowest BCUT2D eigenvalue weighted by molar-refractivity contribution is -0.145. The normalized spacial score (nSPS) is 11.6. The molecule has 0 bridgehead atoms. The maximum atomic E-state index is 11.1. The fourth-order valence-corrected chi connectivity index (χ4v) is 1.62. The Kier molecular flexibility index (Phi) is 22.3. The lowest BCUT2D eigenvalue weighted by Gasteiger charge is -2.16.